The molecular formula is C16H24N2O2. The monoisotopic (exact) mass is 276 g/mol. The lowest BCUT2D eigenvalue weighted by Gasteiger charge is -2.24. The molecule has 2 rings (SSSR count). The molecule has 0 aromatic heterocycles. The van der Waals surface area contributed by atoms with Gasteiger partial charge < -0.3 is 15.7 Å². The summed E-state index contributed by atoms with van der Waals surface area (Å²) in [4.78, 5) is 12.2. The van der Waals surface area contributed by atoms with Gasteiger partial charge in [-0.05, 0) is 48.4 Å². The first-order chi connectivity index (χ1) is 9.52. The van der Waals surface area contributed by atoms with Gasteiger partial charge in [-0.1, -0.05) is 13.8 Å². The Kier molecular flexibility index (Phi) is 4.65. The van der Waals surface area contributed by atoms with Crippen LogP contribution in [0.25, 0.3) is 0 Å². The number of nitrogens with one attached hydrogen (secondary N) is 2. The lowest BCUT2D eigenvalue weighted by Crippen LogP contribution is -2.34. The summed E-state index contributed by atoms with van der Waals surface area (Å²) in [5.74, 6) is -0.0169. The van der Waals surface area contributed by atoms with Gasteiger partial charge in [-0.3, -0.25) is 4.79 Å². The first-order valence-electron chi connectivity index (χ1n) is 7.28. The molecule has 4 heteroatoms. The van der Waals surface area contributed by atoms with Crippen LogP contribution in [0.5, 0.6) is 0 Å². The maximum absolute atomic E-state index is 12.2. The number of amides is 1. The van der Waals surface area contributed by atoms with Crippen molar-refractivity contribution in [1.29, 1.82) is 0 Å². The van der Waals surface area contributed by atoms with E-state index in [2.05, 4.69) is 24.5 Å². The molecule has 0 aliphatic carbocycles. The van der Waals surface area contributed by atoms with Crippen LogP contribution in [0.1, 0.15) is 42.6 Å². The fourth-order valence-electron chi connectivity index (χ4n) is 2.51. The molecule has 1 heterocycles. The van der Waals surface area contributed by atoms with E-state index < -0.39 is 0 Å². The van der Waals surface area contributed by atoms with E-state index >= 15 is 0 Å². The largest absolute Gasteiger partial charge is 0.396 e. The minimum absolute atomic E-state index is 0.0106. The average molecular weight is 276 g/mol. The number of anilines is 1. The van der Waals surface area contributed by atoms with Gasteiger partial charge in [-0.25, -0.2) is 0 Å². The third kappa shape index (κ3) is 3.73. The number of rotatable bonds is 6. The highest BCUT2D eigenvalue weighted by Crippen LogP contribution is 2.24. The van der Waals surface area contributed by atoms with Crippen molar-refractivity contribution >= 4 is 11.6 Å². The van der Waals surface area contributed by atoms with E-state index in [0.717, 1.165) is 37.1 Å². The first kappa shape index (κ1) is 14.9. The van der Waals surface area contributed by atoms with Crippen molar-refractivity contribution in [1.82, 2.24) is 5.32 Å². The zero-order valence-corrected chi connectivity index (χ0v) is 12.3. The normalized spacial score (nSPS) is 13.8. The second kappa shape index (κ2) is 6.27. The molecule has 0 saturated carbocycles. The van der Waals surface area contributed by atoms with E-state index in [4.69, 9.17) is 5.11 Å². The zero-order valence-electron chi connectivity index (χ0n) is 12.3. The predicted molar refractivity (Wildman–Crippen MR) is 81.1 cm³/mol. The molecule has 1 amide bonds. The Hall–Kier alpha value is -1.55. The van der Waals surface area contributed by atoms with Gasteiger partial charge in [0, 0.05) is 30.9 Å². The molecule has 0 fully saturated rings. The number of hydrogen-bond acceptors (Lipinski definition) is 3. The summed E-state index contributed by atoms with van der Waals surface area (Å²) in [7, 11) is 0. The lowest BCUT2D eigenvalue weighted by atomic mass is 9.88. The van der Waals surface area contributed by atoms with Gasteiger partial charge in [-0.2, -0.15) is 0 Å². The topological polar surface area (TPSA) is 61.4 Å². The highest BCUT2D eigenvalue weighted by Gasteiger charge is 2.19. The summed E-state index contributed by atoms with van der Waals surface area (Å²) in [5.41, 5.74) is 3.10. The number of carbonyl (C=O) groups excluding carboxylic acids is 1. The summed E-state index contributed by atoms with van der Waals surface area (Å²) in [6.45, 7) is 6.00. The molecule has 3 N–H and O–H groups in total. The fourth-order valence-corrected chi connectivity index (χ4v) is 2.51. The van der Waals surface area contributed by atoms with E-state index in [9.17, 15) is 4.79 Å². The highest BCUT2D eigenvalue weighted by molar-refractivity contribution is 5.95. The van der Waals surface area contributed by atoms with Crippen LogP contribution in [0, 0.1) is 5.41 Å². The number of carbonyl (C=O) groups is 1. The van der Waals surface area contributed by atoms with Gasteiger partial charge in [0.2, 0.25) is 0 Å². The second-order valence-electron chi connectivity index (χ2n) is 6.22. The summed E-state index contributed by atoms with van der Waals surface area (Å²) < 4.78 is 0. The van der Waals surface area contributed by atoms with Crippen molar-refractivity contribution in [3.8, 4) is 0 Å². The number of aliphatic hydroxyl groups is 1. The van der Waals surface area contributed by atoms with Crippen LogP contribution in [0.2, 0.25) is 0 Å². The van der Waals surface area contributed by atoms with Crippen molar-refractivity contribution in [2.45, 2.75) is 33.1 Å². The molecular weight excluding hydrogens is 252 g/mol. The Morgan fingerprint density at radius 3 is 3.00 bits per heavy atom. The Bertz CT molecular complexity index is 483. The van der Waals surface area contributed by atoms with Gasteiger partial charge in [0.25, 0.3) is 5.91 Å². The van der Waals surface area contributed by atoms with Crippen LogP contribution in [0.4, 0.5) is 5.69 Å². The van der Waals surface area contributed by atoms with Crippen molar-refractivity contribution < 1.29 is 9.90 Å². The van der Waals surface area contributed by atoms with Gasteiger partial charge in [0.05, 0.1) is 0 Å². The summed E-state index contributed by atoms with van der Waals surface area (Å²) in [6, 6.07) is 5.83. The minimum Gasteiger partial charge on any atom is -0.396 e. The van der Waals surface area contributed by atoms with Gasteiger partial charge in [0.1, 0.15) is 0 Å². The Morgan fingerprint density at radius 1 is 1.45 bits per heavy atom. The van der Waals surface area contributed by atoms with E-state index in [1.165, 1.54) is 5.56 Å². The molecule has 0 bridgehead atoms. The Labute approximate surface area is 120 Å². The lowest BCUT2D eigenvalue weighted by molar-refractivity contribution is 0.0933. The SMILES string of the molecule is CC(C)(CCCO)CNC(=O)c1ccc2c(c1)CCN2. The van der Waals surface area contributed by atoms with Crippen molar-refractivity contribution in [3.05, 3.63) is 29.3 Å². The molecule has 1 aliphatic heterocycles. The van der Waals surface area contributed by atoms with Crippen LogP contribution in [0.15, 0.2) is 18.2 Å². The second-order valence-corrected chi connectivity index (χ2v) is 6.22. The van der Waals surface area contributed by atoms with Crippen molar-refractivity contribution in [2.75, 3.05) is 25.0 Å². The standard InChI is InChI=1S/C16H24N2O2/c1-16(2,7-3-9-19)11-18-15(20)13-4-5-14-12(10-13)6-8-17-14/h4-5,10,17,19H,3,6-9,11H2,1-2H3,(H,18,20). The third-order valence-corrected chi connectivity index (χ3v) is 3.82. The van der Waals surface area contributed by atoms with E-state index in [1.54, 1.807) is 0 Å². The van der Waals surface area contributed by atoms with Gasteiger partial charge >= 0.3 is 0 Å². The predicted octanol–water partition coefficient (Wildman–Crippen LogP) is 2.18. The molecule has 0 radical (unpaired) electrons. The number of aliphatic hydroxyl groups excluding tert-OH is 1. The quantitative estimate of drug-likeness (QED) is 0.746. The summed E-state index contributed by atoms with van der Waals surface area (Å²) in [6.07, 6.45) is 2.66. The molecule has 4 nitrogen and oxygen atoms in total. The molecule has 0 unspecified atom stereocenters. The Balaban J connectivity index is 1.92. The first-order valence-corrected chi connectivity index (χ1v) is 7.28. The van der Waals surface area contributed by atoms with Crippen LogP contribution < -0.4 is 10.6 Å². The summed E-state index contributed by atoms with van der Waals surface area (Å²) >= 11 is 0. The van der Waals surface area contributed by atoms with Crippen LogP contribution in [0.3, 0.4) is 0 Å². The van der Waals surface area contributed by atoms with Gasteiger partial charge in [0.15, 0.2) is 0 Å². The molecule has 110 valence electrons. The number of benzene rings is 1. The molecule has 0 spiro atoms. The minimum atomic E-state index is -0.0169. The maximum Gasteiger partial charge on any atom is 0.251 e. The molecule has 0 atom stereocenters. The molecule has 1 aromatic rings. The summed E-state index contributed by atoms with van der Waals surface area (Å²) in [5, 5.41) is 15.2. The molecule has 20 heavy (non-hydrogen) atoms. The molecule has 1 aliphatic rings. The smallest absolute Gasteiger partial charge is 0.251 e. The highest BCUT2D eigenvalue weighted by atomic mass is 16.2. The molecule has 1 aromatic carbocycles. The van der Waals surface area contributed by atoms with Gasteiger partial charge in [-0.15, -0.1) is 0 Å². The van der Waals surface area contributed by atoms with E-state index in [0.29, 0.717) is 6.54 Å². The van der Waals surface area contributed by atoms with E-state index in [-0.39, 0.29) is 17.9 Å². The van der Waals surface area contributed by atoms with E-state index in [1.807, 2.05) is 18.2 Å². The third-order valence-electron chi connectivity index (χ3n) is 3.82. The van der Waals surface area contributed by atoms with Crippen LogP contribution >= 0.6 is 0 Å². The maximum atomic E-state index is 12.2. The molecule has 0 saturated heterocycles. The zero-order chi connectivity index (χ0) is 14.6. The number of hydrogen-bond donors (Lipinski definition) is 3. The average Bonchev–Trinajstić information content (AvgIpc) is 2.90. The van der Waals surface area contributed by atoms with Crippen molar-refractivity contribution in [2.24, 2.45) is 5.41 Å². The Morgan fingerprint density at radius 2 is 2.25 bits per heavy atom. The van der Waals surface area contributed by atoms with Crippen LogP contribution in [-0.4, -0.2) is 30.7 Å². The number of fused-ring (bicyclic) bond motifs is 1. The fraction of sp³-hybridized carbons (Fsp3) is 0.562. The van der Waals surface area contributed by atoms with Crippen LogP contribution in [-0.2, 0) is 6.42 Å². The van der Waals surface area contributed by atoms with Crippen molar-refractivity contribution in [3.63, 3.8) is 0 Å².